The molecule has 0 amide bonds. The van der Waals surface area contributed by atoms with E-state index in [0.717, 1.165) is 32.0 Å². The van der Waals surface area contributed by atoms with Crippen molar-refractivity contribution >= 4 is 17.4 Å². The molecule has 2 heterocycles. The predicted molar refractivity (Wildman–Crippen MR) is 85.6 cm³/mol. The lowest BCUT2D eigenvalue weighted by Crippen LogP contribution is -2.51. The molecule has 0 spiro atoms. The summed E-state index contributed by atoms with van der Waals surface area (Å²) in [6, 6.07) is 13.0. The van der Waals surface area contributed by atoms with Crippen molar-refractivity contribution < 1.29 is 0 Å². The van der Waals surface area contributed by atoms with Crippen LogP contribution in [-0.4, -0.2) is 40.5 Å². The first kappa shape index (κ1) is 14.3. The molecule has 1 aromatic carbocycles. The van der Waals surface area contributed by atoms with Crippen LogP contribution in [0.25, 0.3) is 0 Å². The molecule has 0 radical (unpaired) electrons. The minimum atomic E-state index is 0.312. The fourth-order valence-corrected chi connectivity index (χ4v) is 2.90. The Balaban J connectivity index is 1.64. The highest BCUT2D eigenvalue weighted by Crippen LogP contribution is 2.19. The third-order valence-corrected chi connectivity index (χ3v) is 4.11. The van der Waals surface area contributed by atoms with E-state index >= 15 is 0 Å². The highest BCUT2D eigenvalue weighted by Gasteiger charge is 2.24. The number of anilines is 1. The Morgan fingerprint density at radius 1 is 1.19 bits per heavy atom. The van der Waals surface area contributed by atoms with Crippen molar-refractivity contribution in [3.8, 4) is 0 Å². The first-order valence-corrected chi connectivity index (χ1v) is 7.61. The molecule has 3 rings (SSSR count). The Labute approximate surface area is 130 Å². The Hall–Kier alpha value is -1.65. The maximum atomic E-state index is 5.88. The van der Waals surface area contributed by atoms with Gasteiger partial charge in [0.1, 0.15) is 5.82 Å². The molecular formula is C16H19ClN4. The van der Waals surface area contributed by atoms with Gasteiger partial charge < -0.3 is 4.90 Å². The quantitative estimate of drug-likeness (QED) is 0.816. The van der Waals surface area contributed by atoms with Gasteiger partial charge in [0.25, 0.3) is 0 Å². The Bertz CT molecular complexity index is 590. The summed E-state index contributed by atoms with van der Waals surface area (Å²) >= 11 is 5.88. The third kappa shape index (κ3) is 3.52. The first-order valence-electron chi connectivity index (χ1n) is 7.24. The van der Waals surface area contributed by atoms with Crippen LogP contribution in [0.15, 0.2) is 42.6 Å². The van der Waals surface area contributed by atoms with Crippen LogP contribution in [0.3, 0.4) is 0 Å². The number of halogens is 1. The average molecular weight is 303 g/mol. The maximum absolute atomic E-state index is 5.88. The molecule has 1 saturated heterocycles. The van der Waals surface area contributed by atoms with E-state index in [2.05, 4.69) is 57.0 Å². The van der Waals surface area contributed by atoms with Crippen LogP contribution < -0.4 is 4.90 Å². The van der Waals surface area contributed by atoms with Gasteiger partial charge in [0.05, 0.1) is 0 Å². The van der Waals surface area contributed by atoms with Gasteiger partial charge in [-0.3, -0.25) is 4.90 Å². The zero-order valence-corrected chi connectivity index (χ0v) is 12.9. The molecule has 1 aromatic heterocycles. The van der Waals surface area contributed by atoms with Crippen LogP contribution in [0.5, 0.6) is 0 Å². The minimum Gasteiger partial charge on any atom is -0.354 e. The number of nitrogens with zero attached hydrogens (tertiary/aromatic N) is 4. The van der Waals surface area contributed by atoms with Crippen molar-refractivity contribution in [1.82, 2.24) is 14.9 Å². The summed E-state index contributed by atoms with van der Waals surface area (Å²) in [5.41, 5.74) is 1.36. The van der Waals surface area contributed by atoms with Gasteiger partial charge in [-0.2, -0.15) is 0 Å². The molecule has 0 bridgehead atoms. The lowest BCUT2D eigenvalue weighted by Gasteiger charge is -2.40. The molecule has 1 unspecified atom stereocenters. The zero-order valence-electron chi connectivity index (χ0n) is 12.1. The summed E-state index contributed by atoms with van der Waals surface area (Å²) in [5, 5.41) is 0.312. The van der Waals surface area contributed by atoms with Crippen molar-refractivity contribution in [3.63, 3.8) is 0 Å². The zero-order chi connectivity index (χ0) is 14.7. The fourth-order valence-electron chi connectivity index (χ4n) is 2.76. The van der Waals surface area contributed by atoms with Crippen LogP contribution in [-0.2, 0) is 6.54 Å². The van der Waals surface area contributed by atoms with Gasteiger partial charge in [-0.05, 0) is 30.2 Å². The molecule has 21 heavy (non-hydrogen) atoms. The van der Waals surface area contributed by atoms with Crippen LogP contribution in [0, 0.1) is 0 Å². The smallest absolute Gasteiger partial charge is 0.224 e. The Kier molecular flexibility index (Phi) is 4.36. The monoisotopic (exact) mass is 302 g/mol. The second-order valence-corrected chi connectivity index (χ2v) is 5.77. The van der Waals surface area contributed by atoms with Crippen LogP contribution in [0.1, 0.15) is 12.5 Å². The third-order valence-electron chi connectivity index (χ3n) is 3.93. The summed E-state index contributed by atoms with van der Waals surface area (Å²) in [6.07, 6.45) is 1.71. The average Bonchev–Trinajstić information content (AvgIpc) is 2.50. The van der Waals surface area contributed by atoms with Gasteiger partial charge >= 0.3 is 0 Å². The largest absolute Gasteiger partial charge is 0.354 e. The number of rotatable bonds is 3. The molecule has 1 aliphatic rings. The molecular weight excluding hydrogens is 284 g/mol. The molecule has 1 fully saturated rings. The second kappa shape index (κ2) is 6.41. The van der Waals surface area contributed by atoms with Gasteiger partial charge in [-0.1, -0.05) is 30.3 Å². The highest BCUT2D eigenvalue weighted by atomic mass is 35.5. The van der Waals surface area contributed by atoms with Gasteiger partial charge in [-0.15, -0.1) is 0 Å². The highest BCUT2D eigenvalue weighted by molar-refractivity contribution is 6.28. The van der Waals surface area contributed by atoms with E-state index in [1.807, 2.05) is 6.07 Å². The topological polar surface area (TPSA) is 32.3 Å². The number of benzene rings is 1. The van der Waals surface area contributed by atoms with Gasteiger partial charge in [0.15, 0.2) is 0 Å². The van der Waals surface area contributed by atoms with E-state index < -0.39 is 0 Å². The Morgan fingerprint density at radius 3 is 2.71 bits per heavy atom. The number of piperazine rings is 1. The fraction of sp³-hybridized carbons (Fsp3) is 0.375. The molecule has 1 aliphatic heterocycles. The Morgan fingerprint density at radius 2 is 2.00 bits per heavy atom. The maximum Gasteiger partial charge on any atom is 0.224 e. The van der Waals surface area contributed by atoms with E-state index in [0.29, 0.717) is 11.3 Å². The molecule has 0 aliphatic carbocycles. The van der Waals surface area contributed by atoms with Crippen molar-refractivity contribution in [3.05, 3.63) is 53.4 Å². The summed E-state index contributed by atoms with van der Waals surface area (Å²) in [5.74, 6) is 0.918. The lowest BCUT2D eigenvalue weighted by molar-refractivity contribution is 0.180. The molecule has 0 saturated carbocycles. The molecule has 110 valence electrons. The van der Waals surface area contributed by atoms with E-state index in [1.165, 1.54) is 5.56 Å². The van der Waals surface area contributed by atoms with Crippen LogP contribution in [0.2, 0.25) is 5.28 Å². The van der Waals surface area contributed by atoms with Crippen molar-refractivity contribution in [1.29, 1.82) is 0 Å². The van der Waals surface area contributed by atoms with Gasteiger partial charge in [0, 0.05) is 38.4 Å². The molecule has 1 atom stereocenters. The summed E-state index contributed by atoms with van der Waals surface area (Å²) < 4.78 is 0. The summed E-state index contributed by atoms with van der Waals surface area (Å²) in [6.45, 7) is 6.21. The second-order valence-electron chi connectivity index (χ2n) is 5.43. The lowest BCUT2D eigenvalue weighted by atomic mass is 10.1. The summed E-state index contributed by atoms with van der Waals surface area (Å²) in [7, 11) is 0. The van der Waals surface area contributed by atoms with Crippen molar-refractivity contribution in [2.75, 3.05) is 24.5 Å². The van der Waals surface area contributed by atoms with E-state index in [-0.39, 0.29) is 0 Å². The van der Waals surface area contributed by atoms with Crippen molar-refractivity contribution in [2.24, 2.45) is 0 Å². The first-order chi connectivity index (χ1) is 10.2. The molecule has 0 N–H and O–H groups in total. The van der Waals surface area contributed by atoms with E-state index in [1.54, 1.807) is 6.20 Å². The number of aromatic nitrogens is 2. The van der Waals surface area contributed by atoms with Crippen LogP contribution in [0.4, 0.5) is 5.82 Å². The number of hydrogen-bond donors (Lipinski definition) is 0. The predicted octanol–water partition coefficient (Wildman–Crippen LogP) is 2.84. The van der Waals surface area contributed by atoms with Gasteiger partial charge in [0.2, 0.25) is 5.28 Å². The SMILES string of the molecule is CC1CN(c2ccnc(Cl)n2)CCN1Cc1ccccc1. The normalized spacial score (nSPS) is 19.7. The summed E-state index contributed by atoms with van der Waals surface area (Å²) in [4.78, 5) is 13.0. The van der Waals surface area contributed by atoms with Gasteiger partial charge in [-0.25, -0.2) is 9.97 Å². The molecule has 4 nitrogen and oxygen atoms in total. The number of hydrogen-bond acceptors (Lipinski definition) is 4. The van der Waals surface area contributed by atoms with E-state index in [4.69, 9.17) is 11.6 Å². The standard InChI is InChI=1S/C16H19ClN4/c1-13-11-21(15-7-8-18-16(17)19-15)10-9-20(13)12-14-5-3-2-4-6-14/h2-8,13H,9-12H2,1H3. The van der Waals surface area contributed by atoms with Crippen molar-refractivity contribution in [2.45, 2.75) is 19.5 Å². The van der Waals surface area contributed by atoms with Crippen LogP contribution >= 0.6 is 11.6 Å². The molecule has 2 aromatic rings. The minimum absolute atomic E-state index is 0.312. The van der Waals surface area contributed by atoms with E-state index in [9.17, 15) is 0 Å². The molecule has 5 heteroatoms.